The van der Waals surface area contributed by atoms with Crippen LogP contribution in [0.5, 0.6) is 5.75 Å². The van der Waals surface area contributed by atoms with Gasteiger partial charge in [0, 0.05) is 11.7 Å². The molecule has 1 aromatic rings. The van der Waals surface area contributed by atoms with Gasteiger partial charge in [-0.3, -0.25) is 4.79 Å². The van der Waals surface area contributed by atoms with Crippen molar-refractivity contribution >= 4 is 17.3 Å². The third kappa shape index (κ3) is 2.15. The minimum absolute atomic E-state index is 0.0881. The predicted octanol–water partition coefficient (Wildman–Crippen LogP) is 2.62. The molecule has 1 heterocycles. The lowest BCUT2D eigenvalue weighted by molar-refractivity contribution is -0.122. The van der Waals surface area contributed by atoms with E-state index < -0.39 is 6.10 Å². The number of carbonyl (C=O) groups excluding carboxylic acids is 1. The summed E-state index contributed by atoms with van der Waals surface area (Å²) in [7, 11) is 0. The fourth-order valence-electron chi connectivity index (χ4n) is 2.28. The molecule has 0 radical (unpaired) electrons. The van der Waals surface area contributed by atoms with Crippen LogP contribution in [0.4, 0.5) is 11.4 Å². The van der Waals surface area contributed by atoms with E-state index in [1.54, 1.807) is 6.92 Å². The van der Waals surface area contributed by atoms with Crippen LogP contribution >= 0.6 is 0 Å². The van der Waals surface area contributed by atoms with Crippen LogP contribution in [-0.4, -0.2) is 18.1 Å². The number of nitrogens with one attached hydrogen (secondary N) is 2. The summed E-state index contributed by atoms with van der Waals surface area (Å²) in [4.78, 5) is 11.6. The SMILES string of the molecule is CC1Oc2ccc(NC(C)C3CC3)cc2NC1=O. The largest absolute Gasteiger partial charge is 0.479 e. The van der Waals surface area contributed by atoms with Crippen LogP contribution in [0, 0.1) is 5.92 Å². The Kier molecular flexibility index (Phi) is 2.65. The number of ether oxygens (including phenoxy) is 1. The molecule has 3 rings (SSSR count). The number of hydrogen-bond donors (Lipinski definition) is 2. The molecular formula is C14H18N2O2. The number of amides is 1. The van der Waals surface area contributed by atoms with Crippen LogP contribution in [0.2, 0.25) is 0 Å². The summed E-state index contributed by atoms with van der Waals surface area (Å²) in [5.41, 5.74) is 1.79. The fourth-order valence-corrected chi connectivity index (χ4v) is 2.28. The minimum Gasteiger partial charge on any atom is -0.479 e. The van der Waals surface area contributed by atoms with Crippen LogP contribution in [0.15, 0.2) is 18.2 Å². The van der Waals surface area contributed by atoms with Gasteiger partial charge in [-0.1, -0.05) is 0 Å². The quantitative estimate of drug-likeness (QED) is 0.862. The molecule has 1 saturated carbocycles. The molecule has 0 spiro atoms. The maximum absolute atomic E-state index is 11.6. The zero-order valence-electron chi connectivity index (χ0n) is 10.7. The number of hydrogen-bond acceptors (Lipinski definition) is 3. The summed E-state index contributed by atoms with van der Waals surface area (Å²) in [5.74, 6) is 1.45. The van der Waals surface area contributed by atoms with Gasteiger partial charge in [-0.25, -0.2) is 0 Å². The van der Waals surface area contributed by atoms with Gasteiger partial charge in [-0.05, 0) is 50.8 Å². The Morgan fingerprint density at radius 2 is 2.22 bits per heavy atom. The number of benzene rings is 1. The molecule has 2 N–H and O–H groups in total. The van der Waals surface area contributed by atoms with Crippen LogP contribution in [-0.2, 0) is 4.79 Å². The van der Waals surface area contributed by atoms with E-state index in [0.29, 0.717) is 6.04 Å². The highest BCUT2D eigenvalue weighted by Crippen LogP contribution is 2.36. The van der Waals surface area contributed by atoms with Gasteiger partial charge < -0.3 is 15.4 Å². The summed E-state index contributed by atoms with van der Waals surface area (Å²) >= 11 is 0. The van der Waals surface area contributed by atoms with E-state index in [-0.39, 0.29) is 5.91 Å². The average Bonchev–Trinajstić information content (AvgIpc) is 3.15. The second-order valence-corrected chi connectivity index (χ2v) is 5.23. The van der Waals surface area contributed by atoms with Crippen molar-refractivity contribution in [3.05, 3.63) is 18.2 Å². The number of anilines is 2. The molecule has 1 aromatic carbocycles. The summed E-state index contributed by atoms with van der Waals surface area (Å²) in [5, 5.41) is 6.34. The second-order valence-electron chi connectivity index (χ2n) is 5.23. The zero-order valence-corrected chi connectivity index (χ0v) is 10.7. The lowest BCUT2D eigenvalue weighted by Crippen LogP contribution is -2.34. The Morgan fingerprint density at radius 3 is 2.94 bits per heavy atom. The van der Waals surface area contributed by atoms with Gasteiger partial charge in [0.25, 0.3) is 5.91 Å². The Labute approximate surface area is 107 Å². The third-order valence-corrected chi connectivity index (χ3v) is 3.63. The maximum Gasteiger partial charge on any atom is 0.265 e. The van der Waals surface area contributed by atoms with Crippen molar-refractivity contribution in [2.24, 2.45) is 5.92 Å². The van der Waals surface area contributed by atoms with Gasteiger partial charge in [0.05, 0.1) is 5.69 Å². The topological polar surface area (TPSA) is 50.4 Å². The zero-order chi connectivity index (χ0) is 12.7. The van der Waals surface area contributed by atoms with Crippen LogP contribution < -0.4 is 15.4 Å². The molecule has 96 valence electrons. The third-order valence-electron chi connectivity index (χ3n) is 3.63. The molecule has 2 aliphatic rings. The molecule has 1 aliphatic carbocycles. The number of carbonyl (C=O) groups is 1. The first-order valence-corrected chi connectivity index (χ1v) is 6.51. The van der Waals surface area contributed by atoms with Gasteiger partial charge in [0.15, 0.2) is 6.10 Å². The van der Waals surface area contributed by atoms with E-state index in [0.717, 1.165) is 23.0 Å². The monoisotopic (exact) mass is 246 g/mol. The first-order chi connectivity index (χ1) is 8.63. The molecule has 1 aliphatic heterocycles. The van der Waals surface area contributed by atoms with Crippen molar-refractivity contribution in [1.82, 2.24) is 0 Å². The first-order valence-electron chi connectivity index (χ1n) is 6.51. The van der Waals surface area contributed by atoms with E-state index in [1.807, 2.05) is 18.2 Å². The molecule has 4 nitrogen and oxygen atoms in total. The average molecular weight is 246 g/mol. The van der Waals surface area contributed by atoms with E-state index in [1.165, 1.54) is 12.8 Å². The maximum atomic E-state index is 11.6. The van der Waals surface area contributed by atoms with Crippen molar-refractivity contribution < 1.29 is 9.53 Å². The van der Waals surface area contributed by atoms with Crippen LogP contribution in [0.1, 0.15) is 26.7 Å². The predicted molar refractivity (Wildman–Crippen MR) is 71.0 cm³/mol. The lowest BCUT2D eigenvalue weighted by Gasteiger charge is -2.24. The fraction of sp³-hybridized carbons (Fsp3) is 0.500. The van der Waals surface area contributed by atoms with Gasteiger partial charge in [0.1, 0.15) is 5.75 Å². The van der Waals surface area contributed by atoms with E-state index in [9.17, 15) is 4.79 Å². The Hall–Kier alpha value is -1.71. The van der Waals surface area contributed by atoms with Crippen molar-refractivity contribution in [1.29, 1.82) is 0 Å². The number of rotatable bonds is 3. The standard InChI is InChI=1S/C14H18N2O2/c1-8(10-3-4-10)15-11-5-6-13-12(7-11)16-14(17)9(2)18-13/h5-10,15H,3-4H2,1-2H3,(H,16,17). The molecule has 0 bridgehead atoms. The molecular weight excluding hydrogens is 228 g/mol. The van der Waals surface area contributed by atoms with E-state index >= 15 is 0 Å². The van der Waals surface area contributed by atoms with Crippen LogP contribution in [0.25, 0.3) is 0 Å². The normalized spacial score (nSPS) is 23.7. The molecule has 0 aromatic heterocycles. The molecule has 1 fully saturated rings. The van der Waals surface area contributed by atoms with Gasteiger partial charge in [0.2, 0.25) is 0 Å². The van der Waals surface area contributed by atoms with E-state index in [4.69, 9.17) is 4.74 Å². The molecule has 1 amide bonds. The molecule has 4 heteroatoms. The lowest BCUT2D eigenvalue weighted by atomic mass is 10.1. The second kappa shape index (κ2) is 4.19. The van der Waals surface area contributed by atoms with E-state index in [2.05, 4.69) is 17.6 Å². The number of fused-ring (bicyclic) bond motifs is 1. The van der Waals surface area contributed by atoms with Gasteiger partial charge >= 0.3 is 0 Å². The first kappa shape index (κ1) is 11.4. The van der Waals surface area contributed by atoms with Gasteiger partial charge in [-0.15, -0.1) is 0 Å². The van der Waals surface area contributed by atoms with Crippen molar-refractivity contribution in [3.63, 3.8) is 0 Å². The molecule has 18 heavy (non-hydrogen) atoms. The van der Waals surface area contributed by atoms with Crippen molar-refractivity contribution in [2.75, 3.05) is 10.6 Å². The van der Waals surface area contributed by atoms with Crippen molar-refractivity contribution in [2.45, 2.75) is 38.8 Å². The Balaban J connectivity index is 1.78. The molecule has 0 saturated heterocycles. The summed E-state index contributed by atoms with van der Waals surface area (Å²) < 4.78 is 5.52. The summed E-state index contributed by atoms with van der Waals surface area (Å²) in [6.07, 6.45) is 2.22. The Morgan fingerprint density at radius 1 is 1.44 bits per heavy atom. The Bertz CT molecular complexity index is 483. The smallest absolute Gasteiger partial charge is 0.265 e. The minimum atomic E-state index is -0.415. The highest BCUT2D eigenvalue weighted by molar-refractivity contribution is 5.98. The highest BCUT2D eigenvalue weighted by atomic mass is 16.5. The van der Waals surface area contributed by atoms with Crippen molar-refractivity contribution in [3.8, 4) is 5.75 Å². The highest BCUT2D eigenvalue weighted by Gasteiger charge is 2.28. The summed E-state index contributed by atoms with van der Waals surface area (Å²) in [6.45, 7) is 3.95. The summed E-state index contributed by atoms with van der Waals surface area (Å²) in [6, 6.07) is 6.34. The molecule has 2 atom stereocenters. The van der Waals surface area contributed by atoms with Gasteiger partial charge in [-0.2, -0.15) is 0 Å². The van der Waals surface area contributed by atoms with Crippen LogP contribution in [0.3, 0.4) is 0 Å². The molecule has 2 unspecified atom stereocenters.